The molecular weight excluding hydrogens is 425 g/mol. The minimum absolute atomic E-state index is 0.0158. The minimum atomic E-state index is -0.545. The number of nitrogens with one attached hydrogen (secondary N) is 1. The molecule has 1 N–H and O–H groups in total. The van der Waals surface area contributed by atoms with Crippen LogP contribution in [0.5, 0.6) is 0 Å². The zero-order valence-electron chi connectivity index (χ0n) is 16.0. The van der Waals surface area contributed by atoms with Gasteiger partial charge in [0.1, 0.15) is 5.82 Å². The van der Waals surface area contributed by atoms with E-state index in [1.165, 1.54) is 54.6 Å². The number of rotatable bonds is 7. The summed E-state index contributed by atoms with van der Waals surface area (Å²) < 4.78 is 13.0. The van der Waals surface area contributed by atoms with Crippen LogP contribution in [0.25, 0.3) is 12.2 Å². The number of nitro groups is 1. The molecule has 0 bridgehead atoms. The van der Waals surface area contributed by atoms with E-state index in [9.17, 15) is 28.9 Å². The molecule has 31 heavy (non-hydrogen) atoms. The molecule has 3 rings (SSSR count). The topological polar surface area (TPSA) is 110 Å². The quantitative estimate of drug-likeness (QED) is 0.399. The highest BCUT2D eigenvalue weighted by Crippen LogP contribution is 2.31. The van der Waals surface area contributed by atoms with Crippen molar-refractivity contribution in [3.8, 4) is 0 Å². The molecule has 158 valence electrons. The fraction of sp³-hybridized carbons (Fsp3) is 0.0952. The zero-order chi connectivity index (χ0) is 22.4. The number of imide groups is 1. The van der Waals surface area contributed by atoms with Gasteiger partial charge in [-0.2, -0.15) is 0 Å². The third-order valence-electron chi connectivity index (χ3n) is 4.22. The van der Waals surface area contributed by atoms with E-state index in [2.05, 4.69) is 5.32 Å². The first-order chi connectivity index (χ1) is 14.8. The average Bonchev–Trinajstić information content (AvgIpc) is 3.01. The van der Waals surface area contributed by atoms with Gasteiger partial charge < -0.3 is 5.32 Å². The van der Waals surface area contributed by atoms with Crippen molar-refractivity contribution in [1.29, 1.82) is 0 Å². The van der Waals surface area contributed by atoms with Gasteiger partial charge in [0.15, 0.2) is 0 Å². The first-order valence-corrected chi connectivity index (χ1v) is 9.87. The molecule has 1 fully saturated rings. The van der Waals surface area contributed by atoms with E-state index in [4.69, 9.17) is 0 Å². The molecule has 0 unspecified atom stereocenters. The molecule has 2 aromatic carbocycles. The van der Waals surface area contributed by atoms with Crippen LogP contribution in [0.2, 0.25) is 0 Å². The van der Waals surface area contributed by atoms with Gasteiger partial charge in [-0.1, -0.05) is 24.3 Å². The largest absolute Gasteiger partial charge is 0.351 e. The molecule has 1 heterocycles. The molecule has 1 aliphatic heterocycles. The fourth-order valence-corrected chi connectivity index (χ4v) is 3.58. The van der Waals surface area contributed by atoms with Crippen LogP contribution in [0, 0.1) is 15.9 Å². The predicted molar refractivity (Wildman–Crippen MR) is 114 cm³/mol. The molecule has 10 heteroatoms. The van der Waals surface area contributed by atoms with Crippen LogP contribution in [0.4, 0.5) is 14.9 Å². The number of carbonyl (C=O) groups is 3. The number of para-hydroxylation sites is 1. The molecular formula is C21H16FN3O5S. The van der Waals surface area contributed by atoms with Crippen LogP contribution in [0.1, 0.15) is 11.1 Å². The van der Waals surface area contributed by atoms with E-state index < -0.39 is 27.8 Å². The Labute approximate surface area is 180 Å². The van der Waals surface area contributed by atoms with Crippen LogP contribution in [0.3, 0.4) is 0 Å². The Hall–Kier alpha value is -3.79. The van der Waals surface area contributed by atoms with E-state index >= 15 is 0 Å². The van der Waals surface area contributed by atoms with E-state index in [0.29, 0.717) is 5.56 Å². The smallest absolute Gasteiger partial charge is 0.293 e. The molecule has 1 saturated heterocycles. The van der Waals surface area contributed by atoms with Crippen molar-refractivity contribution >= 4 is 46.7 Å². The number of benzene rings is 2. The van der Waals surface area contributed by atoms with Crippen molar-refractivity contribution in [2.24, 2.45) is 0 Å². The number of nitrogens with zero attached hydrogens (tertiary/aromatic N) is 2. The predicted octanol–water partition coefficient (Wildman–Crippen LogP) is 3.60. The summed E-state index contributed by atoms with van der Waals surface area (Å²) in [5, 5.41) is 13.0. The molecule has 0 aromatic heterocycles. The van der Waals surface area contributed by atoms with E-state index in [1.54, 1.807) is 6.07 Å². The lowest BCUT2D eigenvalue weighted by atomic mass is 10.1. The lowest BCUT2D eigenvalue weighted by Gasteiger charge is -2.12. The maximum atomic E-state index is 13.0. The van der Waals surface area contributed by atoms with Gasteiger partial charge in [0.2, 0.25) is 5.91 Å². The standard InChI is InChI=1S/C21H16FN3O5S/c22-16-8-5-14(6-9-16)13-18-20(27)24(21(28)31-18)12-11-23-19(26)10-7-15-3-1-2-4-17(15)25(29)30/h1-10,13H,11-12H2,(H,23,26)/b10-7+,18-13-. The van der Waals surface area contributed by atoms with Crippen molar-refractivity contribution in [3.05, 3.63) is 86.6 Å². The second kappa shape index (κ2) is 9.81. The average molecular weight is 441 g/mol. The normalized spacial score (nSPS) is 15.1. The molecule has 1 aliphatic rings. The highest BCUT2D eigenvalue weighted by Gasteiger charge is 2.34. The highest BCUT2D eigenvalue weighted by atomic mass is 32.2. The van der Waals surface area contributed by atoms with Crippen LogP contribution in [-0.4, -0.2) is 40.0 Å². The first kappa shape index (κ1) is 21.9. The molecule has 0 spiro atoms. The summed E-state index contributed by atoms with van der Waals surface area (Å²) in [6, 6.07) is 11.5. The molecule has 3 amide bonds. The maximum absolute atomic E-state index is 13.0. The Kier molecular flexibility index (Phi) is 6.93. The third kappa shape index (κ3) is 5.64. The Morgan fingerprint density at radius 3 is 2.58 bits per heavy atom. The number of halogens is 1. The summed E-state index contributed by atoms with van der Waals surface area (Å²) in [7, 11) is 0. The summed E-state index contributed by atoms with van der Waals surface area (Å²) in [6.45, 7) is -0.0155. The number of carbonyl (C=O) groups excluding carboxylic acids is 3. The SMILES string of the molecule is O=C(/C=C/c1ccccc1[N+](=O)[O-])NCCN1C(=O)S/C(=C\c2ccc(F)cc2)C1=O. The lowest BCUT2D eigenvalue weighted by molar-refractivity contribution is -0.385. The second-order valence-electron chi connectivity index (χ2n) is 6.33. The number of hydrogen-bond acceptors (Lipinski definition) is 6. The van der Waals surface area contributed by atoms with Gasteiger partial charge in [-0.05, 0) is 47.7 Å². The van der Waals surface area contributed by atoms with E-state index in [-0.39, 0.29) is 29.2 Å². The van der Waals surface area contributed by atoms with Crippen molar-refractivity contribution in [2.45, 2.75) is 0 Å². The molecule has 8 nitrogen and oxygen atoms in total. The molecule has 0 radical (unpaired) electrons. The number of amides is 3. The summed E-state index contributed by atoms with van der Waals surface area (Å²) in [6.07, 6.45) is 3.96. The van der Waals surface area contributed by atoms with Crippen molar-refractivity contribution < 1.29 is 23.7 Å². The summed E-state index contributed by atoms with van der Waals surface area (Å²) in [4.78, 5) is 48.1. The first-order valence-electron chi connectivity index (χ1n) is 9.05. The van der Waals surface area contributed by atoms with Crippen molar-refractivity contribution in [1.82, 2.24) is 10.2 Å². The third-order valence-corrected chi connectivity index (χ3v) is 5.13. The van der Waals surface area contributed by atoms with Crippen LogP contribution < -0.4 is 5.32 Å². The highest BCUT2D eigenvalue weighted by molar-refractivity contribution is 8.18. The summed E-state index contributed by atoms with van der Waals surface area (Å²) >= 11 is 0.766. The molecule has 0 atom stereocenters. The van der Waals surface area contributed by atoms with E-state index in [1.807, 2.05) is 0 Å². The lowest BCUT2D eigenvalue weighted by Crippen LogP contribution is -2.36. The number of nitro benzene ring substituents is 1. The van der Waals surface area contributed by atoms with Crippen LogP contribution in [0.15, 0.2) is 59.5 Å². The Balaban J connectivity index is 1.55. The van der Waals surface area contributed by atoms with Crippen LogP contribution >= 0.6 is 11.8 Å². The maximum Gasteiger partial charge on any atom is 0.293 e. The number of hydrogen-bond donors (Lipinski definition) is 1. The zero-order valence-corrected chi connectivity index (χ0v) is 16.8. The summed E-state index contributed by atoms with van der Waals surface area (Å²) in [5.41, 5.74) is 0.733. The van der Waals surface area contributed by atoms with Gasteiger partial charge in [-0.25, -0.2) is 4.39 Å². The van der Waals surface area contributed by atoms with E-state index in [0.717, 1.165) is 22.7 Å². The second-order valence-corrected chi connectivity index (χ2v) is 7.32. The van der Waals surface area contributed by atoms with Gasteiger partial charge in [0.05, 0.1) is 15.4 Å². The number of thioether (sulfide) groups is 1. The van der Waals surface area contributed by atoms with Crippen molar-refractivity contribution in [2.75, 3.05) is 13.1 Å². The Morgan fingerprint density at radius 2 is 1.87 bits per heavy atom. The minimum Gasteiger partial charge on any atom is -0.351 e. The molecule has 0 saturated carbocycles. The fourth-order valence-electron chi connectivity index (χ4n) is 2.71. The monoisotopic (exact) mass is 441 g/mol. The van der Waals surface area contributed by atoms with Gasteiger partial charge in [-0.3, -0.25) is 29.4 Å². The molecule has 2 aromatic rings. The molecule has 0 aliphatic carbocycles. The van der Waals surface area contributed by atoms with Gasteiger partial charge >= 0.3 is 0 Å². The summed E-state index contributed by atoms with van der Waals surface area (Å²) in [5.74, 6) is -1.42. The van der Waals surface area contributed by atoms with Crippen molar-refractivity contribution in [3.63, 3.8) is 0 Å². The van der Waals surface area contributed by atoms with Crippen LogP contribution in [-0.2, 0) is 9.59 Å². The van der Waals surface area contributed by atoms with Gasteiger partial charge in [0, 0.05) is 25.2 Å². The Morgan fingerprint density at radius 1 is 1.16 bits per heavy atom. The van der Waals surface area contributed by atoms with Gasteiger partial charge in [0.25, 0.3) is 16.8 Å². The van der Waals surface area contributed by atoms with Gasteiger partial charge in [-0.15, -0.1) is 0 Å². The Bertz CT molecular complexity index is 1100.